The average Bonchev–Trinajstić information content (AvgIpc) is 2.81. The smallest absolute Gasteiger partial charge is 0.426 e. The highest BCUT2D eigenvalue weighted by atomic mass is 32.2. The maximum Gasteiger partial charge on any atom is 0.426 e. The molecule has 1 saturated carbocycles. The van der Waals surface area contributed by atoms with E-state index in [0.717, 1.165) is 4.31 Å². The van der Waals surface area contributed by atoms with E-state index < -0.39 is 28.7 Å². The zero-order valence-corrected chi connectivity index (χ0v) is 10.7. The third-order valence-corrected chi connectivity index (χ3v) is 2.94. The van der Waals surface area contributed by atoms with Crippen LogP contribution in [0.5, 0.6) is 0 Å². The molecule has 0 aromatic carbocycles. The quantitative estimate of drug-likeness (QED) is 0.607. The van der Waals surface area contributed by atoms with E-state index in [1.165, 1.54) is 7.11 Å². The van der Waals surface area contributed by atoms with Gasteiger partial charge in [0.1, 0.15) is 5.60 Å². The van der Waals surface area contributed by atoms with Crippen molar-refractivity contribution < 1.29 is 23.0 Å². The normalized spacial score (nSPS) is 20.1. The van der Waals surface area contributed by atoms with Gasteiger partial charge in [0.2, 0.25) is 0 Å². The summed E-state index contributed by atoms with van der Waals surface area (Å²) in [6.45, 7) is 5.07. The van der Waals surface area contributed by atoms with Gasteiger partial charge in [-0.2, -0.15) is 4.31 Å². The van der Waals surface area contributed by atoms with Crippen LogP contribution in [0, 0.1) is 0 Å². The summed E-state index contributed by atoms with van der Waals surface area (Å²) in [5.74, 6) is 0. The molecule has 16 heavy (non-hydrogen) atoms. The number of methoxy groups -OCH3 is 1. The van der Waals surface area contributed by atoms with E-state index in [-0.39, 0.29) is 0 Å². The van der Waals surface area contributed by atoms with Gasteiger partial charge in [-0.05, 0) is 20.8 Å². The number of hydrogen-bond donors (Lipinski definition) is 1. The fraction of sp³-hybridized carbons (Fsp3) is 0.889. The fourth-order valence-corrected chi connectivity index (χ4v) is 1.98. The second-order valence-electron chi connectivity index (χ2n) is 4.66. The largest absolute Gasteiger partial charge is 0.443 e. The van der Waals surface area contributed by atoms with Crippen molar-refractivity contribution >= 4 is 17.4 Å². The predicted molar refractivity (Wildman–Crippen MR) is 57.8 cm³/mol. The van der Waals surface area contributed by atoms with Crippen LogP contribution in [-0.2, 0) is 20.7 Å². The van der Waals surface area contributed by atoms with Gasteiger partial charge in [0.05, 0.1) is 0 Å². The van der Waals surface area contributed by atoms with Crippen molar-refractivity contribution in [1.82, 2.24) is 4.31 Å². The maximum absolute atomic E-state index is 11.7. The highest BCUT2D eigenvalue weighted by Gasteiger charge is 2.55. The lowest BCUT2D eigenvalue weighted by Crippen LogP contribution is -2.46. The summed E-state index contributed by atoms with van der Waals surface area (Å²) >= 11 is -2.44. The van der Waals surface area contributed by atoms with E-state index in [9.17, 15) is 9.00 Å². The average molecular weight is 251 g/mol. The molecule has 6 nitrogen and oxygen atoms in total. The molecule has 0 saturated heterocycles. The summed E-state index contributed by atoms with van der Waals surface area (Å²) in [4.78, 5) is 11.7. The monoisotopic (exact) mass is 251 g/mol. The van der Waals surface area contributed by atoms with Crippen molar-refractivity contribution in [3.63, 3.8) is 0 Å². The predicted octanol–water partition coefficient (Wildman–Crippen LogP) is 1.50. The van der Waals surface area contributed by atoms with E-state index in [1.54, 1.807) is 20.8 Å². The Morgan fingerprint density at radius 3 is 2.19 bits per heavy atom. The van der Waals surface area contributed by atoms with Crippen LogP contribution in [0.3, 0.4) is 0 Å². The molecule has 0 spiro atoms. The summed E-state index contributed by atoms with van der Waals surface area (Å²) in [6, 6.07) is 0. The summed E-state index contributed by atoms with van der Waals surface area (Å²) < 4.78 is 31.1. The van der Waals surface area contributed by atoms with Crippen molar-refractivity contribution in [2.24, 2.45) is 0 Å². The molecule has 0 bridgehead atoms. The standard InChI is InChI=1S/C9H17NO5S/c1-8(2,3)15-7(11)10(16(12)13)9(14-4)5-6-9/h5-6H2,1-4H3,(H,12,13). The number of hydrogen-bond acceptors (Lipinski definition) is 4. The Morgan fingerprint density at radius 1 is 1.44 bits per heavy atom. The van der Waals surface area contributed by atoms with Crippen molar-refractivity contribution in [2.45, 2.75) is 44.9 Å². The summed E-state index contributed by atoms with van der Waals surface area (Å²) in [5, 5.41) is 0. The van der Waals surface area contributed by atoms with Crippen LogP contribution in [0.15, 0.2) is 0 Å². The Balaban J connectivity index is 2.80. The molecule has 1 N–H and O–H groups in total. The number of rotatable bonds is 3. The highest BCUT2D eigenvalue weighted by molar-refractivity contribution is 7.77. The van der Waals surface area contributed by atoms with Gasteiger partial charge in [-0.25, -0.2) is 9.00 Å². The minimum Gasteiger partial charge on any atom is -0.443 e. The molecule has 1 amide bonds. The Bertz CT molecular complexity index is 308. The lowest BCUT2D eigenvalue weighted by Gasteiger charge is -2.29. The van der Waals surface area contributed by atoms with Gasteiger partial charge in [0.15, 0.2) is 5.72 Å². The van der Waals surface area contributed by atoms with E-state index in [1.807, 2.05) is 0 Å². The second-order valence-corrected chi connectivity index (χ2v) is 5.48. The van der Waals surface area contributed by atoms with E-state index in [0.29, 0.717) is 12.8 Å². The molecule has 7 heteroatoms. The molecule has 1 unspecified atom stereocenters. The first-order valence-electron chi connectivity index (χ1n) is 4.91. The lowest BCUT2D eigenvalue weighted by molar-refractivity contribution is -0.0307. The minimum absolute atomic E-state index is 0.537. The summed E-state index contributed by atoms with van der Waals surface area (Å²) in [7, 11) is 1.40. The van der Waals surface area contributed by atoms with Crippen LogP contribution < -0.4 is 0 Å². The van der Waals surface area contributed by atoms with Crippen molar-refractivity contribution in [3.8, 4) is 0 Å². The molecule has 1 fully saturated rings. The minimum atomic E-state index is -2.44. The van der Waals surface area contributed by atoms with Crippen LogP contribution in [0.4, 0.5) is 4.79 Å². The first-order chi connectivity index (χ1) is 7.22. The van der Waals surface area contributed by atoms with Crippen LogP contribution in [0.25, 0.3) is 0 Å². The Hall–Kier alpha value is -0.660. The second kappa shape index (κ2) is 4.31. The van der Waals surface area contributed by atoms with Gasteiger partial charge in [0.25, 0.3) is 11.3 Å². The summed E-state index contributed by atoms with van der Waals surface area (Å²) in [6.07, 6.45) is 0.233. The van der Waals surface area contributed by atoms with Gasteiger partial charge in [-0.1, -0.05) is 0 Å². The van der Waals surface area contributed by atoms with Gasteiger partial charge >= 0.3 is 6.09 Å². The number of carbonyl (C=O) groups is 1. The Labute approximate surface area is 97.3 Å². The fourth-order valence-electron chi connectivity index (χ4n) is 1.27. The SMILES string of the molecule is COC1(N(C(=O)OC(C)(C)C)S(=O)O)CC1. The van der Waals surface area contributed by atoms with Crippen LogP contribution in [0.2, 0.25) is 0 Å². The molecule has 0 aromatic rings. The molecule has 0 aromatic heterocycles. The summed E-state index contributed by atoms with van der Waals surface area (Å²) in [5.41, 5.74) is -1.68. The number of carbonyl (C=O) groups excluding carboxylic acids is 1. The van der Waals surface area contributed by atoms with Gasteiger partial charge in [-0.15, -0.1) is 0 Å². The molecule has 1 aliphatic carbocycles. The van der Waals surface area contributed by atoms with Crippen LogP contribution in [-0.4, -0.2) is 37.6 Å². The number of nitrogens with zero attached hydrogens (tertiary/aromatic N) is 1. The van der Waals surface area contributed by atoms with E-state index >= 15 is 0 Å². The van der Waals surface area contributed by atoms with Crippen molar-refractivity contribution in [1.29, 1.82) is 0 Å². The third-order valence-electron chi connectivity index (χ3n) is 2.14. The zero-order chi connectivity index (χ0) is 12.6. The Kier molecular flexibility index (Phi) is 3.61. The third kappa shape index (κ3) is 2.93. The zero-order valence-electron chi connectivity index (χ0n) is 9.85. The molecule has 1 rings (SSSR count). The Morgan fingerprint density at radius 2 is 1.94 bits per heavy atom. The van der Waals surface area contributed by atoms with E-state index in [4.69, 9.17) is 14.0 Å². The molecule has 0 aliphatic heterocycles. The molecule has 0 heterocycles. The van der Waals surface area contributed by atoms with Gasteiger partial charge in [0, 0.05) is 20.0 Å². The maximum atomic E-state index is 11.7. The highest BCUT2D eigenvalue weighted by Crippen LogP contribution is 2.43. The molecule has 94 valence electrons. The van der Waals surface area contributed by atoms with Crippen molar-refractivity contribution in [2.75, 3.05) is 7.11 Å². The topological polar surface area (TPSA) is 76.1 Å². The molecule has 1 aliphatic rings. The van der Waals surface area contributed by atoms with E-state index in [2.05, 4.69) is 0 Å². The lowest BCUT2D eigenvalue weighted by atomic mass is 10.2. The first-order valence-corrected chi connectivity index (χ1v) is 5.97. The number of ether oxygens (including phenoxy) is 2. The molecular formula is C9H17NO5S. The van der Waals surface area contributed by atoms with Crippen LogP contribution in [0.1, 0.15) is 33.6 Å². The molecule has 1 atom stereocenters. The van der Waals surface area contributed by atoms with Gasteiger partial charge in [-0.3, -0.25) is 4.55 Å². The number of amides is 1. The van der Waals surface area contributed by atoms with Gasteiger partial charge < -0.3 is 9.47 Å². The molecular weight excluding hydrogens is 234 g/mol. The van der Waals surface area contributed by atoms with Crippen LogP contribution >= 0.6 is 0 Å². The van der Waals surface area contributed by atoms with Crippen molar-refractivity contribution in [3.05, 3.63) is 0 Å². The molecule has 0 radical (unpaired) electrons. The first kappa shape index (κ1) is 13.4.